The molecule has 0 aromatic heterocycles. The van der Waals surface area contributed by atoms with Crippen LogP contribution < -0.4 is 10.1 Å². The molecule has 3 amide bonds. The van der Waals surface area contributed by atoms with E-state index in [1.165, 1.54) is 0 Å². The number of carbonyl (C=O) groups excluding carboxylic acids is 3. The van der Waals surface area contributed by atoms with Gasteiger partial charge in [-0.3, -0.25) is 19.3 Å². The van der Waals surface area contributed by atoms with Gasteiger partial charge in [-0.2, -0.15) is 0 Å². The summed E-state index contributed by atoms with van der Waals surface area (Å²) in [5.74, 6) is -0.563. The Balaban J connectivity index is 1.77. The molecule has 0 bridgehead atoms. The Bertz CT molecular complexity index is 868. The van der Waals surface area contributed by atoms with Crippen LogP contribution in [0, 0.1) is 0 Å². The lowest BCUT2D eigenvalue weighted by Crippen LogP contribution is -2.52. The lowest BCUT2D eigenvalue weighted by Gasteiger charge is -2.30. The Labute approximate surface area is 158 Å². The van der Waals surface area contributed by atoms with Crippen molar-refractivity contribution in [3.8, 4) is 5.75 Å². The van der Waals surface area contributed by atoms with E-state index < -0.39 is 29.3 Å². The summed E-state index contributed by atoms with van der Waals surface area (Å²) in [6, 6.07) is 13.0. The third-order valence-electron chi connectivity index (χ3n) is 4.84. The highest BCUT2D eigenvalue weighted by Crippen LogP contribution is 2.26. The number of imide groups is 1. The number of nitrogens with zero attached hydrogens (tertiary/aromatic N) is 1. The molecule has 1 atom stereocenters. The smallest absolute Gasteiger partial charge is 0.262 e. The minimum Gasteiger partial charge on any atom is -0.497 e. The first-order chi connectivity index (χ1) is 12.8. The van der Waals surface area contributed by atoms with Crippen molar-refractivity contribution < 1.29 is 19.1 Å². The van der Waals surface area contributed by atoms with Gasteiger partial charge in [0.1, 0.15) is 11.8 Å². The molecule has 2 aromatic rings. The average Bonchev–Trinajstić information content (AvgIpc) is 2.92. The fourth-order valence-corrected chi connectivity index (χ4v) is 3.17. The van der Waals surface area contributed by atoms with Crippen LogP contribution in [0.1, 0.15) is 47.1 Å². The second-order valence-electron chi connectivity index (χ2n) is 7.04. The molecular formula is C21H22N2O4. The molecule has 1 aliphatic rings. The lowest BCUT2D eigenvalue weighted by molar-refractivity contribution is -0.126. The minimum atomic E-state index is -0.921. The maximum absolute atomic E-state index is 12.8. The monoisotopic (exact) mass is 366 g/mol. The maximum atomic E-state index is 12.8. The quantitative estimate of drug-likeness (QED) is 0.826. The van der Waals surface area contributed by atoms with E-state index in [-0.39, 0.29) is 0 Å². The summed E-state index contributed by atoms with van der Waals surface area (Å²) in [5.41, 5.74) is 0.857. The highest BCUT2D eigenvalue weighted by Gasteiger charge is 2.41. The zero-order valence-corrected chi connectivity index (χ0v) is 15.8. The van der Waals surface area contributed by atoms with E-state index in [1.807, 2.05) is 38.1 Å². The number of fused-ring (bicyclic) bond motifs is 1. The Kier molecular flexibility index (Phi) is 4.74. The van der Waals surface area contributed by atoms with Gasteiger partial charge in [0, 0.05) is 0 Å². The number of hydrogen-bond donors (Lipinski definition) is 1. The van der Waals surface area contributed by atoms with E-state index in [1.54, 1.807) is 38.3 Å². The highest BCUT2D eigenvalue weighted by molar-refractivity contribution is 6.22. The molecule has 0 spiro atoms. The predicted molar refractivity (Wildman–Crippen MR) is 101 cm³/mol. The van der Waals surface area contributed by atoms with Crippen molar-refractivity contribution >= 4 is 17.7 Å². The van der Waals surface area contributed by atoms with Gasteiger partial charge in [0.15, 0.2) is 0 Å². The molecule has 0 radical (unpaired) electrons. The van der Waals surface area contributed by atoms with Gasteiger partial charge >= 0.3 is 0 Å². The van der Waals surface area contributed by atoms with Crippen molar-refractivity contribution in [1.82, 2.24) is 10.2 Å². The molecule has 0 aliphatic carbocycles. The Morgan fingerprint density at radius 2 is 1.52 bits per heavy atom. The van der Waals surface area contributed by atoms with E-state index in [0.717, 1.165) is 16.2 Å². The first-order valence-electron chi connectivity index (χ1n) is 8.69. The van der Waals surface area contributed by atoms with Crippen molar-refractivity contribution in [2.45, 2.75) is 32.4 Å². The van der Waals surface area contributed by atoms with Gasteiger partial charge in [-0.15, -0.1) is 0 Å². The normalized spacial score (nSPS) is 14.7. The van der Waals surface area contributed by atoms with E-state index in [2.05, 4.69) is 5.32 Å². The summed E-state index contributed by atoms with van der Waals surface area (Å²) in [5, 5.41) is 2.93. The number of methoxy groups -OCH3 is 1. The van der Waals surface area contributed by atoms with E-state index >= 15 is 0 Å². The summed E-state index contributed by atoms with van der Waals surface area (Å²) < 4.78 is 5.15. The number of rotatable bonds is 5. The van der Waals surface area contributed by atoms with Crippen LogP contribution in [0.2, 0.25) is 0 Å². The first kappa shape index (κ1) is 18.6. The van der Waals surface area contributed by atoms with E-state index in [0.29, 0.717) is 11.1 Å². The Morgan fingerprint density at radius 1 is 1.00 bits per heavy atom. The molecule has 2 aromatic carbocycles. The largest absolute Gasteiger partial charge is 0.497 e. The molecule has 6 nitrogen and oxygen atoms in total. The second kappa shape index (κ2) is 6.87. The van der Waals surface area contributed by atoms with Gasteiger partial charge in [-0.05, 0) is 50.6 Å². The molecule has 27 heavy (non-hydrogen) atoms. The van der Waals surface area contributed by atoms with Gasteiger partial charge in [-0.1, -0.05) is 24.3 Å². The molecule has 0 fully saturated rings. The average molecular weight is 366 g/mol. The van der Waals surface area contributed by atoms with Crippen LogP contribution in [-0.2, 0) is 10.3 Å². The van der Waals surface area contributed by atoms with E-state index in [4.69, 9.17) is 4.74 Å². The van der Waals surface area contributed by atoms with Crippen LogP contribution >= 0.6 is 0 Å². The number of hydrogen-bond acceptors (Lipinski definition) is 4. The summed E-state index contributed by atoms with van der Waals surface area (Å²) in [6.07, 6.45) is 0. The Morgan fingerprint density at radius 3 is 2.00 bits per heavy atom. The number of benzene rings is 2. The topological polar surface area (TPSA) is 75.7 Å². The zero-order valence-electron chi connectivity index (χ0n) is 15.8. The van der Waals surface area contributed by atoms with E-state index in [9.17, 15) is 14.4 Å². The van der Waals surface area contributed by atoms with Crippen LogP contribution in [0.15, 0.2) is 48.5 Å². The van der Waals surface area contributed by atoms with Crippen LogP contribution in [0.25, 0.3) is 0 Å². The molecule has 1 heterocycles. The first-order valence-corrected chi connectivity index (χ1v) is 8.69. The lowest BCUT2D eigenvalue weighted by atomic mass is 9.93. The van der Waals surface area contributed by atoms with Gasteiger partial charge in [0.2, 0.25) is 5.91 Å². The Hall–Kier alpha value is -3.15. The van der Waals surface area contributed by atoms with Gasteiger partial charge < -0.3 is 10.1 Å². The molecule has 1 N–H and O–H groups in total. The fraction of sp³-hybridized carbons (Fsp3) is 0.286. The molecule has 1 unspecified atom stereocenters. The summed E-state index contributed by atoms with van der Waals surface area (Å²) in [6.45, 7) is 5.28. The zero-order chi connectivity index (χ0) is 19.8. The summed E-state index contributed by atoms with van der Waals surface area (Å²) >= 11 is 0. The third-order valence-corrected chi connectivity index (χ3v) is 4.84. The summed E-state index contributed by atoms with van der Waals surface area (Å²) in [4.78, 5) is 39.0. The maximum Gasteiger partial charge on any atom is 0.262 e. The van der Waals surface area contributed by atoms with Crippen molar-refractivity contribution in [1.29, 1.82) is 0 Å². The van der Waals surface area contributed by atoms with Crippen molar-refractivity contribution in [3.05, 3.63) is 65.2 Å². The van der Waals surface area contributed by atoms with Crippen LogP contribution in [0.3, 0.4) is 0 Å². The van der Waals surface area contributed by atoms with Crippen molar-refractivity contribution in [2.75, 3.05) is 7.11 Å². The number of ether oxygens (including phenoxy) is 1. The second-order valence-corrected chi connectivity index (χ2v) is 7.04. The SMILES string of the molecule is COc1ccc(C(C)(C)NC(=O)C(C)N2C(=O)c3ccccc3C2=O)cc1. The molecular weight excluding hydrogens is 344 g/mol. The predicted octanol–water partition coefficient (Wildman–Crippen LogP) is 2.73. The van der Waals surface area contributed by atoms with Crippen molar-refractivity contribution in [2.24, 2.45) is 0 Å². The van der Waals surface area contributed by atoms with Gasteiger partial charge in [-0.25, -0.2) is 0 Å². The number of nitrogens with one attached hydrogen (secondary N) is 1. The highest BCUT2D eigenvalue weighted by atomic mass is 16.5. The fourth-order valence-electron chi connectivity index (χ4n) is 3.17. The molecule has 140 valence electrons. The minimum absolute atomic E-state index is 0.330. The van der Waals surface area contributed by atoms with Gasteiger partial charge in [0.25, 0.3) is 11.8 Å². The van der Waals surface area contributed by atoms with Gasteiger partial charge in [0.05, 0.1) is 23.8 Å². The number of carbonyl (C=O) groups is 3. The molecule has 0 saturated heterocycles. The number of amides is 3. The summed E-state index contributed by atoms with van der Waals surface area (Å²) in [7, 11) is 1.59. The third kappa shape index (κ3) is 3.30. The molecule has 1 aliphatic heterocycles. The molecule has 3 rings (SSSR count). The molecule has 6 heteroatoms. The van der Waals surface area contributed by atoms with Crippen molar-refractivity contribution in [3.63, 3.8) is 0 Å². The standard InChI is InChI=1S/C21H22N2O4/c1-13(23-19(25)16-7-5-6-8-17(16)20(23)26)18(24)22-21(2,3)14-9-11-15(27-4)12-10-14/h5-13H,1-4H3,(H,22,24). The van der Waals surface area contributed by atoms with Crippen LogP contribution in [-0.4, -0.2) is 35.8 Å². The molecule has 0 saturated carbocycles. The van der Waals surface area contributed by atoms with Crippen LogP contribution in [0.4, 0.5) is 0 Å². The van der Waals surface area contributed by atoms with Crippen LogP contribution in [0.5, 0.6) is 5.75 Å².